The number of anilines is 2. The number of aromatic nitrogens is 1. The van der Waals surface area contributed by atoms with E-state index in [-0.39, 0.29) is 12.5 Å². The zero-order valence-electron chi connectivity index (χ0n) is 17.0. The average molecular weight is 383 g/mol. The van der Waals surface area contributed by atoms with Crippen molar-refractivity contribution in [2.75, 3.05) is 44.0 Å². The number of carbonyl (C=O) groups is 1. The number of rotatable bonds is 6. The number of hydrogen-bond acceptors (Lipinski definition) is 5. The summed E-state index contributed by atoms with van der Waals surface area (Å²) in [5.74, 6) is 1.73. The van der Waals surface area contributed by atoms with Crippen molar-refractivity contribution in [3.8, 4) is 5.75 Å². The van der Waals surface area contributed by atoms with E-state index in [1.165, 1.54) is 5.56 Å². The molecule has 1 N–H and O–H groups in total. The Balaban J connectivity index is 1.47. The largest absolute Gasteiger partial charge is 0.484 e. The zero-order chi connectivity index (χ0) is 19.9. The van der Waals surface area contributed by atoms with Gasteiger partial charge < -0.3 is 19.9 Å². The molecule has 1 aromatic heterocycles. The third-order valence-corrected chi connectivity index (χ3v) is 5.04. The predicted octanol–water partition coefficient (Wildman–Crippen LogP) is 3.33. The van der Waals surface area contributed by atoms with Crippen LogP contribution in [0.5, 0.6) is 5.75 Å². The molecule has 0 unspecified atom stereocenters. The van der Waals surface area contributed by atoms with E-state index in [4.69, 9.17) is 4.74 Å². The summed E-state index contributed by atoms with van der Waals surface area (Å²) < 4.78 is 5.65. The lowest BCUT2D eigenvalue weighted by molar-refractivity contribution is -0.133. The second-order valence-corrected chi connectivity index (χ2v) is 7.55. The highest BCUT2D eigenvalue weighted by molar-refractivity contribution is 5.77. The molecule has 2 aromatic rings. The average Bonchev–Trinajstić information content (AvgIpc) is 2.93. The van der Waals surface area contributed by atoms with Gasteiger partial charge in [-0.2, -0.15) is 0 Å². The summed E-state index contributed by atoms with van der Waals surface area (Å²) >= 11 is 0. The molecule has 1 atom stereocenters. The molecular formula is C22H30N4O2. The van der Waals surface area contributed by atoms with Gasteiger partial charge >= 0.3 is 0 Å². The Bertz CT molecular complexity index is 759. The molecule has 150 valence electrons. The van der Waals surface area contributed by atoms with Crippen molar-refractivity contribution < 1.29 is 9.53 Å². The molecule has 6 heteroatoms. The smallest absolute Gasteiger partial charge is 0.260 e. The van der Waals surface area contributed by atoms with Crippen molar-refractivity contribution >= 4 is 17.4 Å². The number of amides is 1. The lowest BCUT2D eigenvalue weighted by Crippen LogP contribution is -2.36. The van der Waals surface area contributed by atoms with Crippen LogP contribution in [0.3, 0.4) is 0 Å². The van der Waals surface area contributed by atoms with Crippen molar-refractivity contribution in [3.05, 3.63) is 48.2 Å². The predicted molar refractivity (Wildman–Crippen MR) is 113 cm³/mol. The first-order chi connectivity index (χ1) is 13.5. The molecule has 1 aliphatic rings. The number of nitrogens with zero attached hydrogens (tertiary/aromatic N) is 3. The normalized spacial score (nSPS) is 17.0. The van der Waals surface area contributed by atoms with Crippen LogP contribution in [0.25, 0.3) is 0 Å². The lowest BCUT2D eigenvalue weighted by Gasteiger charge is -2.21. The number of ether oxygens (including phenoxy) is 1. The molecule has 1 aliphatic heterocycles. The monoisotopic (exact) mass is 382 g/mol. The van der Waals surface area contributed by atoms with Gasteiger partial charge in [-0.05, 0) is 50.5 Å². The Morgan fingerprint density at radius 1 is 1.18 bits per heavy atom. The van der Waals surface area contributed by atoms with E-state index in [1.807, 2.05) is 67.3 Å². The van der Waals surface area contributed by atoms with Crippen molar-refractivity contribution in [1.29, 1.82) is 0 Å². The van der Waals surface area contributed by atoms with Crippen LogP contribution < -0.4 is 15.0 Å². The number of aryl methyl sites for hydroxylation is 1. The van der Waals surface area contributed by atoms with Gasteiger partial charge in [-0.1, -0.05) is 17.7 Å². The topological polar surface area (TPSA) is 57.7 Å². The van der Waals surface area contributed by atoms with Crippen LogP contribution in [0.1, 0.15) is 24.8 Å². The van der Waals surface area contributed by atoms with Crippen LogP contribution in [0, 0.1) is 6.92 Å². The minimum atomic E-state index is 0.0539. The number of pyridine rings is 1. The molecule has 1 fully saturated rings. The fourth-order valence-electron chi connectivity index (χ4n) is 3.33. The summed E-state index contributed by atoms with van der Waals surface area (Å²) in [6.07, 6.45) is 4.82. The van der Waals surface area contributed by atoms with E-state index in [1.54, 1.807) is 0 Å². The zero-order valence-corrected chi connectivity index (χ0v) is 17.0. The van der Waals surface area contributed by atoms with Crippen LogP contribution in [-0.2, 0) is 4.79 Å². The van der Waals surface area contributed by atoms with Gasteiger partial charge in [0.05, 0.1) is 11.9 Å². The van der Waals surface area contributed by atoms with Crippen molar-refractivity contribution in [2.45, 2.75) is 32.2 Å². The third-order valence-electron chi connectivity index (χ3n) is 5.04. The minimum Gasteiger partial charge on any atom is -0.484 e. The lowest BCUT2D eigenvalue weighted by atomic mass is 10.1. The Hall–Kier alpha value is -2.76. The molecule has 0 aliphatic carbocycles. The first kappa shape index (κ1) is 20.0. The number of nitrogens with one attached hydrogen (secondary N) is 1. The molecule has 0 radical (unpaired) electrons. The van der Waals surface area contributed by atoms with Crippen molar-refractivity contribution in [1.82, 2.24) is 9.88 Å². The van der Waals surface area contributed by atoms with Crippen LogP contribution in [0.4, 0.5) is 11.5 Å². The molecule has 2 heterocycles. The maximum absolute atomic E-state index is 12.5. The molecule has 3 rings (SSSR count). The Kier molecular flexibility index (Phi) is 6.74. The quantitative estimate of drug-likeness (QED) is 0.830. The molecule has 1 saturated heterocycles. The second kappa shape index (κ2) is 9.44. The molecule has 6 nitrogen and oxygen atoms in total. The van der Waals surface area contributed by atoms with Crippen LogP contribution in [-0.4, -0.2) is 55.6 Å². The van der Waals surface area contributed by atoms with E-state index in [0.717, 1.165) is 49.6 Å². The Morgan fingerprint density at radius 3 is 2.64 bits per heavy atom. The Morgan fingerprint density at radius 2 is 1.96 bits per heavy atom. The maximum atomic E-state index is 12.5. The first-order valence-electron chi connectivity index (χ1n) is 9.88. The fraction of sp³-hybridized carbons (Fsp3) is 0.455. The fourth-order valence-corrected chi connectivity index (χ4v) is 3.33. The van der Waals surface area contributed by atoms with E-state index in [9.17, 15) is 4.79 Å². The number of likely N-dealkylation sites (tertiary alicyclic amines) is 1. The summed E-state index contributed by atoms with van der Waals surface area (Å²) in [7, 11) is 3.96. The van der Waals surface area contributed by atoms with E-state index in [0.29, 0.717) is 6.04 Å². The van der Waals surface area contributed by atoms with Gasteiger partial charge in [0.1, 0.15) is 11.6 Å². The molecule has 1 amide bonds. The molecule has 0 bridgehead atoms. The van der Waals surface area contributed by atoms with E-state index in [2.05, 4.69) is 16.4 Å². The SMILES string of the molecule is Cc1ccc(OCC(=O)N2CCC[C@@H](Nc3ccc(N(C)C)nc3)CC2)cc1. The summed E-state index contributed by atoms with van der Waals surface area (Å²) in [5, 5.41) is 3.56. The highest BCUT2D eigenvalue weighted by Gasteiger charge is 2.21. The maximum Gasteiger partial charge on any atom is 0.260 e. The minimum absolute atomic E-state index is 0.0539. The first-order valence-corrected chi connectivity index (χ1v) is 9.88. The van der Waals surface area contributed by atoms with Gasteiger partial charge in [0, 0.05) is 33.2 Å². The van der Waals surface area contributed by atoms with Gasteiger partial charge in [-0.25, -0.2) is 4.98 Å². The molecule has 0 spiro atoms. The number of carbonyl (C=O) groups excluding carboxylic acids is 1. The molecular weight excluding hydrogens is 352 g/mol. The molecule has 28 heavy (non-hydrogen) atoms. The van der Waals surface area contributed by atoms with Gasteiger partial charge in [0.2, 0.25) is 0 Å². The van der Waals surface area contributed by atoms with Crippen LogP contribution >= 0.6 is 0 Å². The Labute approximate surface area is 167 Å². The van der Waals surface area contributed by atoms with Crippen LogP contribution in [0.2, 0.25) is 0 Å². The summed E-state index contributed by atoms with van der Waals surface area (Å²) in [5.41, 5.74) is 2.20. The van der Waals surface area contributed by atoms with E-state index >= 15 is 0 Å². The van der Waals surface area contributed by atoms with Gasteiger partial charge in [0.25, 0.3) is 5.91 Å². The summed E-state index contributed by atoms with van der Waals surface area (Å²) in [6.45, 7) is 3.66. The standard InChI is InChI=1S/C22H30N4O2/c1-17-6-9-20(10-7-17)28-16-22(27)26-13-4-5-18(12-14-26)24-19-8-11-21(23-15-19)25(2)3/h6-11,15,18,24H,4-5,12-14,16H2,1-3H3/t18-/m1/s1. The second-order valence-electron chi connectivity index (χ2n) is 7.55. The molecule has 0 saturated carbocycles. The van der Waals surface area contributed by atoms with Crippen molar-refractivity contribution in [3.63, 3.8) is 0 Å². The number of benzene rings is 1. The number of hydrogen-bond donors (Lipinski definition) is 1. The molecule has 1 aromatic carbocycles. The van der Waals surface area contributed by atoms with E-state index < -0.39 is 0 Å². The van der Waals surface area contributed by atoms with Gasteiger partial charge in [-0.3, -0.25) is 4.79 Å². The summed E-state index contributed by atoms with van der Waals surface area (Å²) in [4.78, 5) is 20.9. The van der Waals surface area contributed by atoms with Crippen LogP contribution in [0.15, 0.2) is 42.6 Å². The third kappa shape index (κ3) is 5.62. The van der Waals surface area contributed by atoms with Gasteiger partial charge in [0.15, 0.2) is 6.61 Å². The highest BCUT2D eigenvalue weighted by atomic mass is 16.5. The summed E-state index contributed by atoms with van der Waals surface area (Å²) in [6, 6.07) is 12.2. The van der Waals surface area contributed by atoms with Crippen molar-refractivity contribution in [2.24, 2.45) is 0 Å². The highest BCUT2D eigenvalue weighted by Crippen LogP contribution is 2.19. The van der Waals surface area contributed by atoms with Gasteiger partial charge in [-0.15, -0.1) is 0 Å².